The van der Waals surface area contributed by atoms with E-state index in [-0.39, 0.29) is 13.2 Å². The molecule has 0 amide bonds. The minimum absolute atomic E-state index is 0.00441. The van der Waals surface area contributed by atoms with Gasteiger partial charge in [0, 0.05) is 6.08 Å². The highest BCUT2D eigenvalue weighted by Gasteiger charge is 2.07. The third-order valence-electron chi connectivity index (χ3n) is 2.05. The van der Waals surface area contributed by atoms with Crippen molar-refractivity contribution in [1.82, 2.24) is 0 Å². The van der Waals surface area contributed by atoms with E-state index in [0.29, 0.717) is 11.3 Å². The summed E-state index contributed by atoms with van der Waals surface area (Å²) in [6, 6.07) is 6.51. The monoisotopic (exact) mass is 250 g/mol. The molecule has 0 bridgehead atoms. The molecular weight excluding hydrogens is 236 g/mol. The minimum Gasteiger partial charge on any atom is -0.497 e. The lowest BCUT2D eigenvalue weighted by atomic mass is 10.2. The zero-order valence-corrected chi connectivity index (χ0v) is 10.0. The number of rotatable bonds is 6. The van der Waals surface area contributed by atoms with Crippen LogP contribution in [-0.4, -0.2) is 32.3 Å². The summed E-state index contributed by atoms with van der Waals surface area (Å²) in [6.45, 7) is 3.26. The van der Waals surface area contributed by atoms with E-state index in [1.54, 1.807) is 31.4 Å². The average Bonchev–Trinajstić information content (AvgIpc) is 2.43. The quantitative estimate of drug-likeness (QED) is 0.436. The molecule has 0 aliphatic carbocycles. The van der Waals surface area contributed by atoms with Gasteiger partial charge in [-0.1, -0.05) is 6.58 Å². The lowest BCUT2D eigenvalue weighted by Crippen LogP contribution is -2.12. The van der Waals surface area contributed by atoms with Gasteiger partial charge in [0.1, 0.15) is 19.0 Å². The van der Waals surface area contributed by atoms with Crippen molar-refractivity contribution in [2.24, 2.45) is 0 Å². The highest BCUT2D eigenvalue weighted by molar-refractivity contribution is 5.89. The van der Waals surface area contributed by atoms with Crippen LogP contribution in [0.15, 0.2) is 36.9 Å². The molecule has 1 aromatic carbocycles. The Morgan fingerprint density at radius 1 is 1.17 bits per heavy atom. The van der Waals surface area contributed by atoms with Crippen molar-refractivity contribution in [3.05, 3.63) is 42.5 Å². The van der Waals surface area contributed by atoms with Gasteiger partial charge in [-0.15, -0.1) is 0 Å². The first-order valence-electron chi connectivity index (χ1n) is 5.27. The Hall–Kier alpha value is -2.30. The molecule has 0 atom stereocenters. The lowest BCUT2D eigenvalue weighted by molar-refractivity contribution is -0.138. The van der Waals surface area contributed by atoms with Crippen LogP contribution in [0.3, 0.4) is 0 Å². The number of carbonyl (C=O) groups is 2. The number of hydrogen-bond acceptors (Lipinski definition) is 5. The van der Waals surface area contributed by atoms with Gasteiger partial charge >= 0.3 is 11.9 Å². The van der Waals surface area contributed by atoms with E-state index in [2.05, 4.69) is 11.3 Å². The van der Waals surface area contributed by atoms with Crippen molar-refractivity contribution >= 4 is 11.9 Å². The maximum Gasteiger partial charge on any atom is 0.338 e. The molecule has 0 saturated heterocycles. The standard InChI is InChI=1S/C13H14O5/c1-3-12(14)17-8-9-18-13(15)10-4-6-11(16-2)7-5-10/h3-7H,1,8-9H2,2H3. The number of carbonyl (C=O) groups excluding carboxylic acids is 2. The van der Waals surface area contributed by atoms with Crippen LogP contribution in [0, 0.1) is 0 Å². The fourth-order valence-corrected chi connectivity index (χ4v) is 1.15. The van der Waals surface area contributed by atoms with Gasteiger partial charge in [0.25, 0.3) is 0 Å². The first-order chi connectivity index (χ1) is 8.67. The summed E-state index contributed by atoms with van der Waals surface area (Å²) >= 11 is 0. The maximum absolute atomic E-state index is 11.5. The van der Waals surface area contributed by atoms with Crippen molar-refractivity contribution in [2.45, 2.75) is 0 Å². The molecule has 0 aliphatic rings. The lowest BCUT2D eigenvalue weighted by Gasteiger charge is -2.05. The van der Waals surface area contributed by atoms with Crippen molar-refractivity contribution in [1.29, 1.82) is 0 Å². The average molecular weight is 250 g/mol. The van der Waals surface area contributed by atoms with Gasteiger partial charge in [-0.3, -0.25) is 0 Å². The summed E-state index contributed by atoms with van der Waals surface area (Å²) in [7, 11) is 1.54. The van der Waals surface area contributed by atoms with Crippen LogP contribution >= 0.6 is 0 Å². The SMILES string of the molecule is C=CC(=O)OCCOC(=O)c1ccc(OC)cc1. The molecule has 0 heterocycles. The second-order valence-corrected chi connectivity index (χ2v) is 3.24. The van der Waals surface area contributed by atoms with Crippen LogP contribution in [0.4, 0.5) is 0 Å². The molecule has 0 aliphatic heterocycles. The normalized spacial score (nSPS) is 9.39. The summed E-state index contributed by atoms with van der Waals surface area (Å²) in [5, 5.41) is 0. The van der Waals surface area contributed by atoms with Crippen molar-refractivity contribution in [3.8, 4) is 5.75 Å². The zero-order chi connectivity index (χ0) is 13.4. The smallest absolute Gasteiger partial charge is 0.338 e. The Kier molecular flexibility index (Phi) is 5.44. The van der Waals surface area contributed by atoms with Gasteiger partial charge in [0.2, 0.25) is 0 Å². The van der Waals surface area contributed by atoms with Crippen LogP contribution in [0.1, 0.15) is 10.4 Å². The van der Waals surface area contributed by atoms with Gasteiger partial charge in [-0.25, -0.2) is 9.59 Å². The second kappa shape index (κ2) is 7.11. The molecule has 0 unspecified atom stereocenters. The molecule has 96 valence electrons. The Labute approximate surface area is 105 Å². The molecule has 18 heavy (non-hydrogen) atoms. The fraction of sp³-hybridized carbons (Fsp3) is 0.231. The molecule has 1 rings (SSSR count). The third kappa shape index (κ3) is 4.29. The van der Waals surface area contributed by atoms with Gasteiger partial charge in [0.05, 0.1) is 12.7 Å². The van der Waals surface area contributed by atoms with E-state index in [1.165, 1.54) is 0 Å². The Balaban J connectivity index is 2.36. The van der Waals surface area contributed by atoms with Crippen LogP contribution in [0.5, 0.6) is 5.75 Å². The Morgan fingerprint density at radius 2 is 1.78 bits per heavy atom. The highest BCUT2D eigenvalue weighted by atomic mass is 16.6. The van der Waals surface area contributed by atoms with Crippen LogP contribution < -0.4 is 4.74 Å². The number of ether oxygens (including phenoxy) is 3. The second-order valence-electron chi connectivity index (χ2n) is 3.24. The largest absolute Gasteiger partial charge is 0.497 e. The van der Waals surface area contributed by atoms with Crippen molar-refractivity contribution in [3.63, 3.8) is 0 Å². The maximum atomic E-state index is 11.5. The van der Waals surface area contributed by atoms with Gasteiger partial charge in [0.15, 0.2) is 0 Å². The summed E-state index contributed by atoms with van der Waals surface area (Å²) in [4.78, 5) is 22.2. The first kappa shape index (κ1) is 13.8. The summed E-state index contributed by atoms with van der Waals surface area (Å²) in [5.41, 5.74) is 0.408. The summed E-state index contributed by atoms with van der Waals surface area (Å²) in [6.07, 6.45) is 1.05. The molecule has 5 nitrogen and oxygen atoms in total. The molecule has 0 aromatic heterocycles. The van der Waals surface area contributed by atoms with Gasteiger partial charge in [-0.05, 0) is 24.3 Å². The Morgan fingerprint density at radius 3 is 2.33 bits per heavy atom. The van der Waals surface area contributed by atoms with E-state index in [4.69, 9.17) is 9.47 Å². The molecule has 0 N–H and O–H groups in total. The molecular formula is C13H14O5. The number of methoxy groups -OCH3 is 1. The summed E-state index contributed by atoms with van der Waals surface area (Å²) < 4.78 is 14.5. The van der Waals surface area contributed by atoms with Crippen LogP contribution in [0.2, 0.25) is 0 Å². The molecule has 0 fully saturated rings. The predicted octanol–water partition coefficient (Wildman–Crippen LogP) is 1.58. The Bertz CT molecular complexity index is 422. The minimum atomic E-state index is -0.546. The number of hydrogen-bond donors (Lipinski definition) is 0. The van der Waals surface area contributed by atoms with Crippen molar-refractivity contribution < 1.29 is 23.8 Å². The predicted molar refractivity (Wildman–Crippen MR) is 64.4 cm³/mol. The number of benzene rings is 1. The van der Waals surface area contributed by atoms with Gasteiger partial charge in [-0.2, -0.15) is 0 Å². The molecule has 1 aromatic rings. The molecule has 0 saturated carbocycles. The van der Waals surface area contributed by atoms with E-state index >= 15 is 0 Å². The van der Waals surface area contributed by atoms with Crippen molar-refractivity contribution in [2.75, 3.05) is 20.3 Å². The highest BCUT2D eigenvalue weighted by Crippen LogP contribution is 2.11. The number of esters is 2. The van der Waals surface area contributed by atoms with Crippen LogP contribution in [0.25, 0.3) is 0 Å². The molecule has 0 spiro atoms. The van der Waals surface area contributed by atoms with E-state index in [9.17, 15) is 9.59 Å². The topological polar surface area (TPSA) is 61.8 Å². The summed E-state index contributed by atoms with van der Waals surface area (Å²) in [5.74, 6) is -0.366. The van der Waals surface area contributed by atoms with E-state index < -0.39 is 11.9 Å². The van der Waals surface area contributed by atoms with E-state index in [1.807, 2.05) is 0 Å². The molecule has 0 radical (unpaired) electrons. The van der Waals surface area contributed by atoms with E-state index in [0.717, 1.165) is 6.08 Å². The van der Waals surface area contributed by atoms with Crippen LogP contribution in [-0.2, 0) is 14.3 Å². The first-order valence-corrected chi connectivity index (χ1v) is 5.27. The fourth-order valence-electron chi connectivity index (χ4n) is 1.15. The molecule has 5 heteroatoms. The third-order valence-corrected chi connectivity index (χ3v) is 2.05. The zero-order valence-electron chi connectivity index (χ0n) is 10.0. The van der Waals surface area contributed by atoms with Gasteiger partial charge < -0.3 is 14.2 Å².